The number of nitrogens with zero attached hydrogens (tertiary/aromatic N) is 4. The highest BCUT2D eigenvalue weighted by Gasteiger charge is 2.17. The van der Waals surface area contributed by atoms with Crippen molar-refractivity contribution in [1.29, 1.82) is 0 Å². The monoisotopic (exact) mass is 331 g/mol. The van der Waals surface area contributed by atoms with Crippen LogP contribution in [0.3, 0.4) is 0 Å². The summed E-state index contributed by atoms with van der Waals surface area (Å²) < 4.78 is 6.45. The first-order valence-corrected chi connectivity index (χ1v) is 7.55. The fourth-order valence-corrected chi connectivity index (χ4v) is 2.66. The molecule has 1 N–H and O–H groups in total. The molecule has 1 unspecified atom stereocenters. The quantitative estimate of drug-likeness (QED) is 0.778. The number of methoxy groups -OCH3 is 1. The number of hydrogen-bond donors (Lipinski definition) is 1. The Morgan fingerprint density at radius 3 is 3.00 bits per heavy atom. The highest BCUT2D eigenvalue weighted by atomic mass is 32.1. The van der Waals surface area contributed by atoms with E-state index in [-0.39, 0.29) is 11.7 Å². The van der Waals surface area contributed by atoms with Gasteiger partial charge in [0.25, 0.3) is 11.5 Å². The molecule has 0 saturated carbocycles. The number of carbonyl (C=O) groups excluding carboxylic acids is 1. The molecule has 118 valence electrons. The summed E-state index contributed by atoms with van der Waals surface area (Å²) in [4.78, 5) is 28.7. The number of ether oxygens (including phenoxy) is 1. The number of hydrogen-bond acceptors (Lipinski definition) is 7. The van der Waals surface area contributed by atoms with Gasteiger partial charge in [-0.25, -0.2) is 4.98 Å². The largest absolute Gasteiger partial charge is 0.374 e. The summed E-state index contributed by atoms with van der Waals surface area (Å²) in [5.74, 6) is -0.575. The number of rotatable bonds is 4. The van der Waals surface area contributed by atoms with Gasteiger partial charge in [-0.15, -0.1) is 10.2 Å². The first-order chi connectivity index (χ1) is 11.1. The van der Waals surface area contributed by atoms with Gasteiger partial charge in [-0.05, 0) is 19.1 Å². The predicted octanol–water partition coefficient (Wildman–Crippen LogP) is 1.51. The molecule has 0 radical (unpaired) electrons. The van der Waals surface area contributed by atoms with E-state index in [0.717, 1.165) is 0 Å². The average molecular weight is 331 g/mol. The van der Waals surface area contributed by atoms with Crippen LogP contribution < -0.4 is 10.9 Å². The fourth-order valence-electron chi connectivity index (χ4n) is 1.90. The summed E-state index contributed by atoms with van der Waals surface area (Å²) in [6, 6.07) is 5.15. The fraction of sp³-hybridized carbons (Fsp3) is 0.214. The molecule has 3 aromatic heterocycles. The zero-order valence-corrected chi connectivity index (χ0v) is 13.2. The van der Waals surface area contributed by atoms with E-state index in [9.17, 15) is 9.59 Å². The summed E-state index contributed by atoms with van der Waals surface area (Å²) in [6.07, 6.45) is 2.60. The molecule has 3 rings (SSSR count). The van der Waals surface area contributed by atoms with Gasteiger partial charge in [0.15, 0.2) is 0 Å². The maximum absolute atomic E-state index is 12.3. The van der Waals surface area contributed by atoms with Gasteiger partial charge in [0.05, 0.1) is 0 Å². The molecular weight excluding hydrogens is 318 g/mol. The zero-order valence-electron chi connectivity index (χ0n) is 12.4. The molecule has 3 aromatic rings. The van der Waals surface area contributed by atoms with Crippen molar-refractivity contribution >= 4 is 28.0 Å². The summed E-state index contributed by atoms with van der Waals surface area (Å²) in [6.45, 7) is 1.83. The molecule has 0 spiro atoms. The van der Waals surface area contributed by atoms with Crippen molar-refractivity contribution in [2.75, 3.05) is 12.4 Å². The topological polar surface area (TPSA) is 98.5 Å². The van der Waals surface area contributed by atoms with E-state index in [4.69, 9.17) is 4.74 Å². The van der Waals surface area contributed by atoms with Gasteiger partial charge >= 0.3 is 0 Å². The summed E-state index contributed by atoms with van der Waals surface area (Å²) in [5.41, 5.74) is -0.0329. The standard InChI is InChI=1S/C14H13N5O3S/c1-8(22-2)12-17-18-14(23-12)16-11(20)9-7-15-10-5-3-4-6-19(10)13(9)21/h3-8H,1-2H3,(H,16,18,20). The molecule has 23 heavy (non-hydrogen) atoms. The Kier molecular flexibility index (Phi) is 4.13. The lowest BCUT2D eigenvalue weighted by atomic mass is 10.3. The third kappa shape index (κ3) is 2.96. The lowest BCUT2D eigenvalue weighted by molar-refractivity contribution is 0.102. The second-order valence-corrected chi connectivity index (χ2v) is 5.69. The Morgan fingerprint density at radius 2 is 2.22 bits per heavy atom. The Bertz CT molecular complexity index is 920. The van der Waals surface area contributed by atoms with Crippen molar-refractivity contribution in [3.8, 4) is 0 Å². The SMILES string of the molecule is COC(C)c1nnc(NC(=O)c2cnc3ccccn3c2=O)s1. The third-order valence-electron chi connectivity index (χ3n) is 3.22. The number of aromatic nitrogens is 4. The van der Waals surface area contributed by atoms with Crippen LogP contribution in [-0.4, -0.2) is 32.6 Å². The van der Waals surface area contributed by atoms with Crippen molar-refractivity contribution in [3.63, 3.8) is 0 Å². The predicted molar refractivity (Wildman–Crippen MR) is 84.7 cm³/mol. The third-order valence-corrected chi connectivity index (χ3v) is 4.22. The lowest BCUT2D eigenvalue weighted by Crippen LogP contribution is -2.26. The van der Waals surface area contributed by atoms with Crippen LogP contribution in [0.1, 0.15) is 28.4 Å². The number of anilines is 1. The van der Waals surface area contributed by atoms with Crippen molar-refractivity contribution in [3.05, 3.63) is 51.5 Å². The van der Waals surface area contributed by atoms with Gasteiger partial charge in [-0.2, -0.15) is 0 Å². The van der Waals surface area contributed by atoms with Crippen molar-refractivity contribution in [2.24, 2.45) is 0 Å². The molecule has 0 bridgehead atoms. The maximum Gasteiger partial charge on any atom is 0.270 e. The normalized spacial score (nSPS) is 12.3. The molecule has 0 aliphatic heterocycles. The first-order valence-electron chi connectivity index (χ1n) is 6.74. The Labute approximate surface area is 134 Å². The molecule has 0 aliphatic carbocycles. The van der Waals surface area contributed by atoms with Crippen LogP contribution in [0.2, 0.25) is 0 Å². The summed E-state index contributed by atoms with van der Waals surface area (Å²) >= 11 is 1.19. The van der Waals surface area contributed by atoms with Gasteiger partial charge in [-0.3, -0.25) is 19.3 Å². The van der Waals surface area contributed by atoms with Gasteiger partial charge in [0, 0.05) is 19.5 Å². The molecule has 8 nitrogen and oxygen atoms in total. The van der Waals surface area contributed by atoms with E-state index >= 15 is 0 Å². The Hall–Kier alpha value is -2.65. The van der Waals surface area contributed by atoms with Gasteiger partial charge in [-0.1, -0.05) is 17.4 Å². The number of nitrogens with one attached hydrogen (secondary N) is 1. The second-order valence-electron chi connectivity index (χ2n) is 4.68. The van der Waals surface area contributed by atoms with Crippen molar-refractivity contribution in [2.45, 2.75) is 13.0 Å². The van der Waals surface area contributed by atoms with E-state index in [1.54, 1.807) is 31.5 Å². The highest BCUT2D eigenvalue weighted by molar-refractivity contribution is 7.15. The van der Waals surface area contributed by atoms with E-state index in [0.29, 0.717) is 15.8 Å². The smallest absolute Gasteiger partial charge is 0.270 e. The molecule has 1 atom stereocenters. The van der Waals surface area contributed by atoms with Crippen LogP contribution in [0.25, 0.3) is 5.65 Å². The molecule has 9 heteroatoms. The van der Waals surface area contributed by atoms with E-state index < -0.39 is 11.5 Å². The summed E-state index contributed by atoms with van der Waals surface area (Å²) in [5, 5.41) is 11.3. The first kappa shape index (κ1) is 15.3. The van der Waals surface area contributed by atoms with E-state index in [1.807, 2.05) is 6.92 Å². The van der Waals surface area contributed by atoms with Crippen molar-refractivity contribution in [1.82, 2.24) is 19.6 Å². The summed E-state index contributed by atoms with van der Waals surface area (Å²) in [7, 11) is 1.56. The van der Waals surface area contributed by atoms with Gasteiger partial charge < -0.3 is 4.74 Å². The molecule has 0 aliphatic rings. The molecule has 0 aromatic carbocycles. The number of pyridine rings is 1. The lowest BCUT2D eigenvalue weighted by Gasteiger charge is -2.04. The van der Waals surface area contributed by atoms with Crippen molar-refractivity contribution < 1.29 is 9.53 Å². The van der Waals surface area contributed by atoms with Crippen LogP contribution in [0.4, 0.5) is 5.13 Å². The Balaban J connectivity index is 1.88. The molecule has 0 saturated heterocycles. The number of fused-ring (bicyclic) bond motifs is 1. The molecular formula is C14H13N5O3S. The van der Waals surface area contributed by atoms with Crippen LogP contribution in [0.5, 0.6) is 0 Å². The number of amides is 1. The molecule has 3 heterocycles. The van der Waals surface area contributed by atoms with Gasteiger partial charge in [0.1, 0.15) is 22.3 Å². The number of carbonyl (C=O) groups is 1. The van der Waals surface area contributed by atoms with E-state index in [2.05, 4.69) is 20.5 Å². The highest BCUT2D eigenvalue weighted by Crippen LogP contribution is 2.23. The minimum absolute atomic E-state index is 0.0646. The van der Waals surface area contributed by atoms with Crippen LogP contribution >= 0.6 is 11.3 Å². The average Bonchev–Trinajstić information content (AvgIpc) is 3.03. The van der Waals surface area contributed by atoms with Crippen LogP contribution in [-0.2, 0) is 4.74 Å². The van der Waals surface area contributed by atoms with Gasteiger partial charge in [0.2, 0.25) is 5.13 Å². The molecule has 0 fully saturated rings. The van der Waals surface area contributed by atoms with Crippen LogP contribution in [0.15, 0.2) is 35.4 Å². The molecule has 1 amide bonds. The minimum atomic E-state index is -0.575. The Morgan fingerprint density at radius 1 is 1.39 bits per heavy atom. The minimum Gasteiger partial charge on any atom is -0.374 e. The maximum atomic E-state index is 12.3. The second kappa shape index (κ2) is 6.23. The van der Waals surface area contributed by atoms with E-state index in [1.165, 1.54) is 21.9 Å². The van der Waals surface area contributed by atoms with Crippen LogP contribution in [0, 0.1) is 0 Å². The zero-order chi connectivity index (χ0) is 16.4.